The van der Waals surface area contributed by atoms with E-state index in [1.165, 1.54) is 22.8 Å². The first-order valence-corrected chi connectivity index (χ1v) is 11.4. The fourth-order valence-electron chi connectivity index (χ4n) is 3.68. The standard InChI is InChI=1S/C22H15F4N7O3S/c23-11-2-4-15-13(5-11)17(32-37-15)20(35)31-18-14-8-28-16(34)9-33(14)19(30-18)21(36)29-7-12-3-1-10(6-27-12)22(24,25)26/h1-6H,7-9H2,(H,28,34)(H,29,36)(H,31,35). The molecule has 4 aromatic rings. The topological polar surface area (TPSA) is 131 Å². The van der Waals surface area contributed by atoms with E-state index in [0.717, 1.165) is 23.7 Å². The van der Waals surface area contributed by atoms with E-state index in [9.17, 15) is 31.9 Å². The van der Waals surface area contributed by atoms with E-state index < -0.39 is 29.4 Å². The molecule has 3 aromatic heterocycles. The zero-order valence-electron chi connectivity index (χ0n) is 18.5. The highest BCUT2D eigenvalue weighted by Gasteiger charge is 2.31. The number of imidazole rings is 1. The van der Waals surface area contributed by atoms with Crippen LogP contribution in [0.25, 0.3) is 10.1 Å². The van der Waals surface area contributed by atoms with Crippen molar-refractivity contribution in [3.63, 3.8) is 0 Å². The molecule has 1 aliphatic heterocycles. The molecule has 0 spiro atoms. The van der Waals surface area contributed by atoms with Gasteiger partial charge in [-0.25, -0.2) is 9.37 Å². The highest BCUT2D eigenvalue weighted by molar-refractivity contribution is 7.13. The van der Waals surface area contributed by atoms with Gasteiger partial charge >= 0.3 is 6.18 Å². The molecule has 37 heavy (non-hydrogen) atoms. The first kappa shape index (κ1) is 24.3. The van der Waals surface area contributed by atoms with Crippen molar-refractivity contribution in [1.82, 2.24) is 29.5 Å². The minimum Gasteiger partial charge on any atom is -0.349 e. The number of hydrogen-bond donors (Lipinski definition) is 3. The lowest BCUT2D eigenvalue weighted by Gasteiger charge is -2.17. The molecule has 10 nitrogen and oxygen atoms in total. The molecule has 1 aromatic carbocycles. The van der Waals surface area contributed by atoms with E-state index in [0.29, 0.717) is 22.0 Å². The van der Waals surface area contributed by atoms with Gasteiger partial charge in [-0.3, -0.25) is 19.4 Å². The molecule has 0 bridgehead atoms. The van der Waals surface area contributed by atoms with Crippen LogP contribution in [0.15, 0.2) is 36.5 Å². The van der Waals surface area contributed by atoms with Crippen molar-refractivity contribution in [3.05, 3.63) is 70.8 Å². The molecule has 0 radical (unpaired) electrons. The Bertz CT molecular complexity index is 1550. The van der Waals surface area contributed by atoms with Crippen molar-refractivity contribution in [3.8, 4) is 0 Å². The lowest BCUT2D eigenvalue weighted by Crippen LogP contribution is -2.37. The second kappa shape index (κ2) is 9.24. The monoisotopic (exact) mass is 533 g/mol. The largest absolute Gasteiger partial charge is 0.417 e. The van der Waals surface area contributed by atoms with Gasteiger partial charge in [-0.1, -0.05) is 0 Å². The third kappa shape index (κ3) is 4.84. The second-order valence-electron chi connectivity index (χ2n) is 7.94. The number of carbonyl (C=O) groups excluding carboxylic acids is 3. The van der Waals surface area contributed by atoms with E-state index in [2.05, 4.69) is 30.3 Å². The quantitative estimate of drug-likeness (QED) is 0.338. The number of nitrogens with one attached hydrogen (secondary N) is 3. The molecule has 0 aliphatic carbocycles. The van der Waals surface area contributed by atoms with Gasteiger partial charge in [0.2, 0.25) is 11.7 Å². The fraction of sp³-hybridized carbons (Fsp3) is 0.182. The molecule has 0 saturated heterocycles. The maximum atomic E-state index is 13.7. The number of aromatic nitrogens is 4. The van der Waals surface area contributed by atoms with Crippen LogP contribution in [0, 0.1) is 5.82 Å². The van der Waals surface area contributed by atoms with Gasteiger partial charge in [0.15, 0.2) is 5.82 Å². The van der Waals surface area contributed by atoms with E-state index >= 15 is 0 Å². The number of anilines is 1. The van der Waals surface area contributed by atoms with Crippen LogP contribution in [0.1, 0.15) is 38.1 Å². The average Bonchev–Trinajstić information content (AvgIpc) is 3.43. The summed E-state index contributed by atoms with van der Waals surface area (Å²) >= 11 is 1.01. The van der Waals surface area contributed by atoms with E-state index in [1.807, 2.05) is 0 Å². The molecule has 0 fully saturated rings. The number of nitrogens with zero attached hydrogens (tertiary/aromatic N) is 4. The van der Waals surface area contributed by atoms with Crippen molar-refractivity contribution in [2.75, 3.05) is 5.32 Å². The van der Waals surface area contributed by atoms with Crippen LogP contribution < -0.4 is 16.0 Å². The molecule has 0 saturated carbocycles. The molecule has 0 atom stereocenters. The summed E-state index contributed by atoms with van der Waals surface area (Å²) in [5, 5.41) is 7.98. The third-order valence-corrected chi connectivity index (χ3v) is 6.32. The molecular weight excluding hydrogens is 518 g/mol. The van der Waals surface area contributed by atoms with Crippen LogP contribution >= 0.6 is 11.5 Å². The van der Waals surface area contributed by atoms with E-state index in [1.54, 1.807) is 0 Å². The summed E-state index contributed by atoms with van der Waals surface area (Å²) in [7, 11) is 0. The van der Waals surface area contributed by atoms with E-state index in [-0.39, 0.29) is 48.6 Å². The number of rotatable bonds is 5. The molecule has 3 amide bonds. The summed E-state index contributed by atoms with van der Waals surface area (Å²) in [6.45, 7) is -0.477. The number of fused-ring (bicyclic) bond motifs is 2. The Balaban J connectivity index is 1.37. The van der Waals surface area contributed by atoms with Crippen molar-refractivity contribution >= 4 is 45.2 Å². The number of hydrogen-bond acceptors (Lipinski definition) is 7. The van der Waals surface area contributed by atoms with Crippen LogP contribution in [0.2, 0.25) is 0 Å². The van der Waals surface area contributed by atoms with Crippen molar-refractivity contribution in [1.29, 1.82) is 0 Å². The van der Waals surface area contributed by atoms with Crippen molar-refractivity contribution in [2.45, 2.75) is 25.8 Å². The molecule has 15 heteroatoms. The van der Waals surface area contributed by atoms with E-state index in [4.69, 9.17) is 0 Å². The highest BCUT2D eigenvalue weighted by atomic mass is 32.1. The van der Waals surface area contributed by atoms with Gasteiger partial charge < -0.3 is 20.5 Å². The van der Waals surface area contributed by atoms with Crippen LogP contribution in [-0.2, 0) is 30.6 Å². The Hall–Kier alpha value is -4.40. The maximum Gasteiger partial charge on any atom is 0.417 e. The number of alkyl halides is 3. The van der Waals surface area contributed by atoms with Gasteiger partial charge in [0.1, 0.15) is 18.1 Å². The number of halogens is 4. The smallest absolute Gasteiger partial charge is 0.349 e. The summed E-state index contributed by atoms with van der Waals surface area (Å²) < 4.78 is 57.9. The summed E-state index contributed by atoms with van der Waals surface area (Å²) in [5.41, 5.74) is -0.440. The second-order valence-corrected chi connectivity index (χ2v) is 8.74. The first-order chi connectivity index (χ1) is 17.6. The van der Waals surface area contributed by atoms with Gasteiger partial charge in [0, 0.05) is 11.6 Å². The van der Waals surface area contributed by atoms with Gasteiger partial charge in [0.25, 0.3) is 11.8 Å². The number of amides is 3. The lowest BCUT2D eigenvalue weighted by molar-refractivity contribution is -0.137. The molecule has 1 aliphatic rings. The minimum atomic E-state index is -4.54. The predicted octanol–water partition coefficient (Wildman–Crippen LogP) is 2.86. The highest BCUT2D eigenvalue weighted by Crippen LogP contribution is 2.29. The van der Waals surface area contributed by atoms with Crippen LogP contribution in [0.4, 0.5) is 23.4 Å². The molecule has 190 valence electrons. The van der Waals surface area contributed by atoms with Gasteiger partial charge in [0.05, 0.1) is 34.7 Å². The Labute approximate surface area is 208 Å². The zero-order valence-corrected chi connectivity index (χ0v) is 19.3. The van der Waals surface area contributed by atoms with Crippen LogP contribution in [0.5, 0.6) is 0 Å². The molecule has 0 unspecified atom stereocenters. The summed E-state index contributed by atoms with van der Waals surface area (Å²) in [6.07, 6.45) is -3.88. The number of pyridine rings is 1. The molecular formula is C22H15F4N7O3S. The summed E-state index contributed by atoms with van der Waals surface area (Å²) in [4.78, 5) is 45.6. The van der Waals surface area contributed by atoms with Gasteiger partial charge in [-0.15, -0.1) is 0 Å². The zero-order chi connectivity index (χ0) is 26.3. The van der Waals surface area contributed by atoms with Crippen LogP contribution in [0.3, 0.4) is 0 Å². The summed E-state index contributed by atoms with van der Waals surface area (Å²) in [6, 6.07) is 5.91. The summed E-state index contributed by atoms with van der Waals surface area (Å²) in [5.74, 6) is -2.54. The average molecular weight is 533 g/mol. The normalized spacial score (nSPS) is 13.2. The SMILES string of the molecule is O=C1Cn2c(C(=O)NCc3ccc(C(F)(F)F)cn3)nc(NC(=O)c3nsc4ccc(F)cc34)c2CN1. The Morgan fingerprint density at radius 3 is 2.70 bits per heavy atom. The third-order valence-electron chi connectivity index (χ3n) is 5.49. The Morgan fingerprint density at radius 1 is 1.16 bits per heavy atom. The fourth-order valence-corrected chi connectivity index (χ4v) is 4.43. The van der Waals surface area contributed by atoms with Gasteiger partial charge in [-0.05, 0) is 41.9 Å². The number of carbonyl (C=O) groups is 3. The van der Waals surface area contributed by atoms with Gasteiger partial charge in [-0.2, -0.15) is 17.5 Å². The first-order valence-electron chi connectivity index (χ1n) is 10.6. The maximum absolute atomic E-state index is 13.7. The Morgan fingerprint density at radius 2 is 1.97 bits per heavy atom. The van der Waals surface area contributed by atoms with Crippen molar-refractivity contribution < 1.29 is 31.9 Å². The number of benzene rings is 1. The molecule has 3 N–H and O–H groups in total. The Kier molecular flexibility index (Phi) is 6.07. The minimum absolute atomic E-state index is 0.000332. The molecule has 4 heterocycles. The molecule has 5 rings (SSSR count). The van der Waals surface area contributed by atoms with Crippen LogP contribution in [-0.4, -0.2) is 36.6 Å². The predicted molar refractivity (Wildman–Crippen MR) is 122 cm³/mol. The lowest BCUT2D eigenvalue weighted by atomic mass is 10.2. The van der Waals surface area contributed by atoms with Crippen molar-refractivity contribution in [2.24, 2.45) is 0 Å².